The van der Waals surface area contributed by atoms with Gasteiger partial charge in [0.25, 0.3) is 0 Å². The van der Waals surface area contributed by atoms with Crippen molar-refractivity contribution in [3.05, 3.63) is 54.0 Å². The van der Waals surface area contributed by atoms with Crippen molar-refractivity contribution in [3.8, 4) is 0 Å². The Labute approximate surface area is 154 Å². The quantitative estimate of drug-likeness (QED) is 0.743. The molecule has 0 radical (unpaired) electrons. The molecule has 0 atom stereocenters. The number of ether oxygens (including phenoxy) is 1. The van der Waals surface area contributed by atoms with Gasteiger partial charge >= 0.3 is 0 Å². The summed E-state index contributed by atoms with van der Waals surface area (Å²) in [6, 6.07) is 11.8. The summed E-state index contributed by atoms with van der Waals surface area (Å²) in [5, 5.41) is 0. The van der Waals surface area contributed by atoms with Gasteiger partial charge in [0.05, 0.1) is 30.9 Å². The van der Waals surface area contributed by atoms with Crippen LogP contribution >= 0.6 is 0 Å². The number of hydrogen-bond acceptors (Lipinski definition) is 5. The lowest BCUT2D eigenvalue weighted by Gasteiger charge is -2.26. The van der Waals surface area contributed by atoms with E-state index in [1.165, 1.54) is 17.1 Å². The number of hydrogen-bond donors (Lipinski definition) is 0. The molecule has 6 nitrogen and oxygen atoms in total. The second kappa shape index (κ2) is 7.52. The highest BCUT2D eigenvalue weighted by Gasteiger charge is 2.30. The van der Waals surface area contributed by atoms with Gasteiger partial charge in [0, 0.05) is 25.7 Å². The number of nitrogens with zero attached hydrogens (tertiary/aromatic N) is 2. The highest BCUT2D eigenvalue weighted by molar-refractivity contribution is 7.89. The zero-order valence-electron chi connectivity index (χ0n) is 14.7. The molecular weight excluding hydrogens is 352 g/mol. The van der Waals surface area contributed by atoms with Gasteiger partial charge in [0.15, 0.2) is 0 Å². The van der Waals surface area contributed by atoms with Crippen molar-refractivity contribution in [3.63, 3.8) is 0 Å². The Morgan fingerprint density at radius 2 is 1.88 bits per heavy atom. The minimum Gasteiger partial charge on any atom is -0.468 e. The summed E-state index contributed by atoms with van der Waals surface area (Å²) >= 11 is 0. The number of benzene rings is 1. The van der Waals surface area contributed by atoms with Crippen LogP contribution in [-0.2, 0) is 27.8 Å². The molecule has 1 saturated heterocycles. The van der Waals surface area contributed by atoms with E-state index >= 15 is 0 Å². The van der Waals surface area contributed by atoms with Gasteiger partial charge < -0.3 is 9.15 Å². The summed E-state index contributed by atoms with van der Waals surface area (Å²) in [5.41, 5.74) is 1.01. The van der Waals surface area contributed by atoms with E-state index in [0.717, 1.165) is 24.4 Å². The summed E-state index contributed by atoms with van der Waals surface area (Å²) in [6.07, 6.45) is 4.06. The highest BCUT2D eigenvalue weighted by atomic mass is 32.2. The minimum atomic E-state index is -3.46. The maximum atomic E-state index is 12.9. The number of furan rings is 1. The molecule has 2 aromatic rings. The predicted octanol–water partition coefficient (Wildman–Crippen LogP) is 2.47. The molecule has 1 aliphatic carbocycles. The fraction of sp³-hybridized carbons (Fsp3) is 0.474. The van der Waals surface area contributed by atoms with Crippen molar-refractivity contribution in [2.75, 3.05) is 26.3 Å². The Balaban J connectivity index is 1.51. The summed E-state index contributed by atoms with van der Waals surface area (Å²) in [5.74, 6) is 0.939. The van der Waals surface area contributed by atoms with Crippen LogP contribution in [0.1, 0.15) is 24.2 Å². The van der Waals surface area contributed by atoms with Crippen LogP contribution in [0, 0.1) is 0 Å². The molecule has 140 valence electrons. The Morgan fingerprint density at radius 1 is 1.08 bits per heavy atom. The molecular formula is C19H24N2O4S. The van der Waals surface area contributed by atoms with E-state index in [9.17, 15) is 8.42 Å². The van der Waals surface area contributed by atoms with E-state index in [2.05, 4.69) is 4.90 Å². The van der Waals surface area contributed by atoms with E-state index in [0.29, 0.717) is 37.2 Å². The largest absolute Gasteiger partial charge is 0.468 e. The highest BCUT2D eigenvalue weighted by Crippen LogP contribution is 2.30. The maximum absolute atomic E-state index is 12.9. The lowest BCUT2D eigenvalue weighted by molar-refractivity contribution is 0.0730. The maximum Gasteiger partial charge on any atom is 0.243 e. The second-order valence-corrected chi connectivity index (χ2v) is 8.82. The molecule has 0 bridgehead atoms. The zero-order chi connectivity index (χ0) is 18.0. The van der Waals surface area contributed by atoms with Crippen molar-refractivity contribution >= 4 is 10.0 Å². The topological polar surface area (TPSA) is 63.0 Å². The number of sulfonamides is 1. The summed E-state index contributed by atoms with van der Waals surface area (Å²) in [4.78, 5) is 2.73. The lowest BCUT2D eigenvalue weighted by atomic mass is 10.2. The van der Waals surface area contributed by atoms with E-state index in [-0.39, 0.29) is 0 Å². The minimum absolute atomic E-state index is 0.366. The molecule has 2 fully saturated rings. The molecule has 2 heterocycles. The van der Waals surface area contributed by atoms with Crippen LogP contribution in [0.5, 0.6) is 0 Å². The molecule has 1 aromatic heterocycles. The number of rotatable bonds is 7. The third-order valence-corrected chi connectivity index (χ3v) is 6.79. The third-order valence-electron chi connectivity index (χ3n) is 4.89. The first-order valence-corrected chi connectivity index (χ1v) is 10.5. The Bertz CT molecular complexity index is 825. The average molecular weight is 376 g/mol. The monoisotopic (exact) mass is 376 g/mol. The van der Waals surface area contributed by atoms with E-state index in [1.807, 2.05) is 30.3 Å². The fourth-order valence-corrected chi connectivity index (χ4v) is 4.81. The molecule has 1 aromatic carbocycles. The van der Waals surface area contributed by atoms with Gasteiger partial charge in [0.1, 0.15) is 5.76 Å². The van der Waals surface area contributed by atoms with Crippen LogP contribution in [0.2, 0.25) is 0 Å². The van der Waals surface area contributed by atoms with Gasteiger partial charge in [-0.1, -0.05) is 12.1 Å². The van der Waals surface area contributed by atoms with Crippen LogP contribution in [-0.4, -0.2) is 50.0 Å². The normalized spacial score (nSPS) is 19.1. The first-order chi connectivity index (χ1) is 12.6. The Morgan fingerprint density at radius 3 is 2.58 bits per heavy atom. The first kappa shape index (κ1) is 17.7. The van der Waals surface area contributed by atoms with Gasteiger partial charge in [-0.3, -0.25) is 4.90 Å². The Kier molecular flexibility index (Phi) is 5.13. The SMILES string of the molecule is O=S(=O)(c1cccc(CN(Cc2ccco2)C2CC2)c1)N1CCOCC1. The van der Waals surface area contributed by atoms with Gasteiger partial charge in [0.2, 0.25) is 10.0 Å². The standard InChI is InChI=1S/C19H24N2O4S/c22-26(23,21-8-11-24-12-9-21)19-5-1-3-16(13-19)14-20(17-6-7-17)15-18-4-2-10-25-18/h1-5,10,13,17H,6-9,11-12,14-15H2. The molecule has 1 saturated carbocycles. The lowest BCUT2D eigenvalue weighted by Crippen LogP contribution is -2.40. The van der Waals surface area contributed by atoms with Crippen molar-refractivity contribution in [1.29, 1.82) is 0 Å². The van der Waals surface area contributed by atoms with E-state index < -0.39 is 10.0 Å². The molecule has 2 aliphatic rings. The molecule has 26 heavy (non-hydrogen) atoms. The summed E-state index contributed by atoms with van der Waals surface area (Å²) < 4.78 is 38.0. The van der Waals surface area contributed by atoms with Crippen LogP contribution < -0.4 is 0 Å². The zero-order valence-corrected chi connectivity index (χ0v) is 15.5. The predicted molar refractivity (Wildman–Crippen MR) is 97.0 cm³/mol. The molecule has 7 heteroatoms. The van der Waals surface area contributed by atoms with Crippen LogP contribution in [0.25, 0.3) is 0 Å². The van der Waals surface area contributed by atoms with Crippen molar-refractivity contribution < 1.29 is 17.6 Å². The first-order valence-electron chi connectivity index (χ1n) is 9.06. The molecule has 1 aliphatic heterocycles. The van der Waals surface area contributed by atoms with Gasteiger partial charge in [-0.25, -0.2) is 8.42 Å². The van der Waals surface area contributed by atoms with Gasteiger partial charge in [-0.15, -0.1) is 0 Å². The van der Waals surface area contributed by atoms with Crippen LogP contribution in [0.4, 0.5) is 0 Å². The van der Waals surface area contributed by atoms with E-state index in [4.69, 9.17) is 9.15 Å². The molecule has 0 N–H and O–H groups in total. The van der Waals surface area contributed by atoms with Crippen LogP contribution in [0.3, 0.4) is 0 Å². The summed E-state index contributed by atoms with van der Waals surface area (Å²) in [6.45, 7) is 3.21. The fourth-order valence-electron chi connectivity index (χ4n) is 3.33. The average Bonchev–Trinajstić information content (AvgIpc) is 3.39. The van der Waals surface area contributed by atoms with E-state index in [1.54, 1.807) is 12.3 Å². The van der Waals surface area contributed by atoms with Crippen molar-refractivity contribution in [2.24, 2.45) is 0 Å². The summed E-state index contributed by atoms with van der Waals surface area (Å²) in [7, 11) is -3.46. The Hall–Kier alpha value is -1.67. The number of morpholine rings is 1. The second-order valence-electron chi connectivity index (χ2n) is 6.88. The molecule has 0 unspecified atom stereocenters. The van der Waals surface area contributed by atoms with Crippen molar-refractivity contribution in [1.82, 2.24) is 9.21 Å². The van der Waals surface area contributed by atoms with Gasteiger partial charge in [-0.05, 0) is 42.7 Å². The molecule has 0 spiro atoms. The third kappa shape index (κ3) is 4.01. The molecule has 0 amide bonds. The molecule has 4 rings (SSSR count). The van der Waals surface area contributed by atoms with Gasteiger partial charge in [-0.2, -0.15) is 4.31 Å². The van der Waals surface area contributed by atoms with Crippen molar-refractivity contribution in [2.45, 2.75) is 36.9 Å². The smallest absolute Gasteiger partial charge is 0.243 e. The van der Waals surface area contributed by atoms with Crippen LogP contribution in [0.15, 0.2) is 52.0 Å².